The predicted molar refractivity (Wildman–Crippen MR) is 93.7 cm³/mol. The lowest BCUT2D eigenvalue weighted by Gasteiger charge is -2.36. The Morgan fingerprint density at radius 1 is 1.28 bits per heavy atom. The third kappa shape index (κ3) is 3.89. The first-order valence-corrected chi connectivity index (χ1v) is 8.60. The van der Waals surface area contributed by atoms with Crippen LogP contribution in [0.3, 0.4) is 0 Å². The Kier molecular flexibility index (Phi) is 5.16. The average Bonchev–Trinajstić information content (AvgIpc) is 3.15. The van der Waals surface area contributed by atoms with Crippen LogP contribution < -0.4 is 9.64 Å². The van der Waals surface area contributed by atoms with Gasteiger partial charge in [-0.05, 0) is 26.8 Å². The van der Waals surface area contributed by atoms with Gasteiger partial charge in [-0.15, -0.1) is 0 Å². The van der Waals surface area contributed by atoms with E-state index in [4.69, 9.17) is 4.74 Å². The first kappa shape index (κ1) is 17.2. The summed E-state index contributed by atoms with van der Waals surface area (Å²) >= 11 is 0. The molecular weight excluding hydrogens is 320 g/mol. The van der Waals surface area contributed by atoms with Crippen LogP contribution in [-0.4, -0.2) is 63.3 Å². The molecule has 0 N–H and O–H groups in total. The van der Waals surface area contributed by atoms with Crippen molar-refractivity contribution in [1.29, 1.82) is 0 Å². The Labute approximate surface area is 147 Å². The summed E-state index contributed by atoms with van der Waals surface area (Å²) in [5.74, 6) is 1.34. The molecule has 1 fully saturated rings. The van der Waals surface area contributed by atoms with Crippen LogP contribution in [0, 0.1) is 6.92 Å². The van der Waals surface area contributed by atoms with E-state index in [1.165, 1.54) is 0 Å². The molecule has 1 amide bonds. The van der Waals surface area contributed by atoms with Crippen LogP contribution in [0.1, 0.15) is 25.6 Å². The number of aromatic nitrogens is 4. The van der Waals surface area contributed by atoms with Gasteiger partial charge in [-0.3, -0.25) is 9.48 Å². The van der Waals surface area contributed by atoms with Gasteiger partial charge in [0.1, 0.15) is 6.04 Å². The first-order valence-electron chi connectivity index (χ1n) is 8.60. The van der Waals surface area contributed by atoms with Crippen LogP contribution >= 0.6 is 0 Å². The monoisotopic (exact) mass is 344 g/mol. The third-order valence-corrected chi connectivity index (χ3v) is 4.26. The highest BCUT2D eigenvalue weighted by atomic mass is 16.5. The molecule has 0 radical (unpaired) electrons. The van der Waals surface area contributed by atoms with E-state index in [1.54, 1.807) is 10.9 Å². The van der Waals surface area contributed by atoms with Gasteiger partial charge in [-0.2, -0.15) is 10.1 Å². The highest BCUT2D eigenvalue weighted by Gasteiger charge is 2.27. The Morgan fingerprint density at radius 3 is 2.68 bits per heavy atom. The molecule has 3 heterocycles. The maximum Gasteiger partial charge on any atom is 0.247 e. The van der Waals surface area contributed by atoms with Gasteiger partial charge < -0.3 is 14.5 Å². The molecule has 2 aromatic rings. The molecule has 0 unspecified atom stereocenters. The predicted octanol–water partition coefficient (Wildman–Crippen LogP) is 1.29. The van der Waals surface area contributed by atoms with Crippen LogP contribution in [-0.2, 0) is 4.79 Å². The maximum absolute atomic E-state index is 12.6. The number of hydrogen-bond acceptors (Lipinski definition) is 6. The first-order chi connectivity index (χ1) is 12.1. The van der Waals surface area contributed by atoms with Gasteiger partial charge in [-0.25, -0.2) is 4.98 Å². The zero-order valence-electron chi connectivity index (χ0n) is 14.9. The van der Waals surface area contributed by atoms with Crippen LogP contribution in [0.2, 0.25) is 0 Å². The molecule has 0 bridgehead atoms. The molecule has 1 aliphatic heterocycles. The van der Waals surface area contributed by atoms with Crippen molar-refractivity contribution in [2.75, 3.05) is 37.7 Å². The second-order valence-corrected chi connectivity index (χ2v) is 6.05. The van der Waals surface area contributed by atoms with Crippen molar-refractivity contribution in [3.05, 3.63) is 30.2 Å². The molecule has 0 saturated carbocycles. The van der Waals surface area contributed by atoms with Crippen molar-refractivity contribution < 1.29 is 9.53 Å². The summed E-state index contributed by atoms with van der Waals surface area (Å²) < 4.78 is 7.19. The van der Waals surface area contributed by atoms with Crippen molar-refractivity contribution in [3.8, 4) is 5.88 Å². The Hall–Kier alpha value is -2.64. The maximum atomic E-state index is 12.6. The smallest absolute Gasteiger partial charge is 0.247 e. The number of carbonyl (C=O) groups excluding carboxylic acids is 1. The van der Waals surface area contributed by atoms with E-state index in [-0.39, 0.29) is 11.9 Å². The lowest BCUT2D eigenvalue weighted by atomic mass is 10.2. The van der Waals surface area contributed by atoms with E-state index in [2.05, 4.69) is 20.0 Å². The Bertz CT molecular complexity index is 710. The molecule has 0 spiro atoms. The quantitative estimate of drug-likeness (QED) is 0.813. The summed E-state index contributed by atoms with van der Waals surface area (Å²) in [6.07, 6.45) is 3.50. The van der Waals surface area contributed by atoms with Gasteiger partial charge in [0, 0.05) is 50.3 Å². The van der Waals surface area contributed by atoms with Gasteiger partial charge in [0.25, 0.3) is 0 Å². The Balaban J connectivity index is 1.63. The number of piperazine rings is 1. The topological polar surface area (TPSA) is 76.4 Å². The molecule has 1 aliphatic rings. The average molecular weight is 344 g/mol. The molecule has 0 aromatic carbocycles. The normalized spacial score (nSPS) is 16.0. The largest absolute Gasteiger partial charge is 0.478 e. The molecule has 8 nitrogen and oxygen atoms in total. The number of anilines is 1. The van der Waals surface area contributed by atoms with E-state index in [0.717, 1.165) is 5.69 Å². The molecule has 3 rings (SSSR count). The summed E-state index contributed by atoms with van der Waals surface area (Å²) in [6.45, 7) is 9.00. The molecule has 8 heteroatoms. The van der Waals surface area contributed by atoms with Crippen molar-refractivity contribution in [3.63, 3.8) is 0 Å². The minimum atomic E-state index is -0.290. The fraction of sp³-hybridized carbons (Fsp3) is 0.529. The Morgan fingerprint density at radius 2 is 2.04 bits per heavy atom. The van der Waals surface area contributed by atoms with Crippen LogP contribution in [0.25, 0.3) is 0 Å². The fourth-order valence-corrected chi connectivity index (χ4v) is 2.90. The molecule has 0 aliphatic carbocycles. The van der Waals surface area contributed by atoms with Gasteiger partial charge in [0.05, 0.1) is 6.61 Å². The number of ether oxygens (including phenoxy) is 1. The van der Waals surface area contributed by atoms with Crippen LogP contribution in [0.15, 0.2) is 24.5 Å². The second kappa shape index (κ2) is 7.50. The molecule has 2 aromatic heterocycles. The lowest BCUT2D eigenvalue weighted by molar-refractivity contribution is -0.134. The summed E-state index contributed by atoms with van der Waals surface area (Å²) in [5.41, 5.74) is 0.874. The van der Waals surface area contributed by atoms with Gasteiger partial charge >= 0.3 is 0 Å². The zero-order valence-corrected chi connectivity index (χ0v) is 14.9. The molecular formula is C17H24N6O2. The fourth-order valence-electron chi connectivity index (χ4n) is 2.90. The van der Waals surface area contributed by atoms with E-state index in [9.17, 15) is 4.79 Å². The standard InChI is InChI=1S/C17H24N6O2/c1-4-25-15-12-13(2)19-17(20-15)22-10-8-21(9-11-22)16(24)14(3)23-7-5-6-18-23/h5-7,12,14H,4,8-11H2,1-3H3/t14-/m1/s1. The highest BCUT2D eigenvalue weighted by Crippen LogP contribution is 2.18. The number of nitrogens with zero attached hydrogens (tertiary/aromatic N) is 6. The van der Waals surface area contributed by atoms with Crippen molar-refractivity contribution in [2.45, 2.75) is 26.8 Å². The molecule has 1 saturated heterocycles. The molecule has 1 atom stereocenters. The minimum Gasteiger partial charge on any atom is -0.478 e. The SMILES string of the molecule is CCOc1cc(C)nc(N2CCN(C(=O)[C@@H](C)n3cccn3)CC2)n1. The molecule has 134 valence electrons. The summed E-state index contributed by atoms with van der Waals surface area (Å²) in [6, 6.07) is 3.37. The van der Waals surface area contributed by atoms with Gasteiger partial charge in [0.15, 0.2) is 0 Å². The van der Waals surface area contributed by atoms with Crippen LogP contribution in [0.5, 0.6) is 5.88 Å². The van der Waals surface area contributed by atoms with Gasteiger partial charge in [0.2, 0.25) is 17.7 Å². The van der Waals surface area contributed by atoms with Crippen LogP contribution in [0.4, 0.5) is 5.95 Å². The summed E-state index contributed by atoms with van der Waals surface area (Å²) in [7, 11) is 0. The molecule has 25 heavy (non-hydrogen) atoms. The zero-order chi connectivity index (χ0) is 17.8. The van der Waals surface area contributed by atoms with E-state index in [0.29, 0.717) is 44.6 Å². The number of aryl methyl sites for hydroxylation is 1. The van der Waals surface area contributed by atoms with Crippen molar-refractivity contribution in [1.82, 2.24) is 24.6 Å². The van der Waals surface area contributed by atoms with Crippen molar-refractivity contribution >= 4 is 11.9 Å². The van der Waals surface area contributed by atoms with Gasteiger partial charge in [-0.1, -0.05) is 0 Å². The second-order valence-electron chi connectivity index (χ2n) is 6.05. The lowest BCUT2D eigenvalue weighted by Crippen LogP contribution is -2.50. The number of rotatable bonds is 5. The third-order valence-electron chi connectivity index (χ3n) is 4.26. The minimum absolute atomic E-state index is 0.0866. The summed E-state index contributed by atoms with van der Waals surface area (Å²) in [5, 5.41) is 4.16. The highest BCUT2D eigenvalue weighted by molar-refractivity contribution is 5.80. The van der Waals surface area contributed by atoms with Crippen molar-refractivity contribution in [2.24, 2.45) is 0 Å². The van der Waals surface area contributed by atoms with E-state index >= 15 is 0 Å². The van der Waals surface area contributed by atoms with E-state index < -0.39 is 0 Å². The van der Waals surface area contributed by atoms with E-state index in [1.807, 2.05) is 44.0 Å². The number of hydrogen-bond donors (Lipinski definition) is 0. The number of amides is 1. The summed E-state index contributed by atoms with van der Waals surface area (Å²) in [4.78, 5) is 25.6. The number of carbonyl (C=O) groups is 1.